The third-order valence-corrected chi connectivity index (χ3v) is 7.71. The van der Waals surface area contributed by atoms with Crippen molar-refractivity contribution in [3.8, 4) is 11.5 Å². The molecule has 0 spiro atoms. The molecule has 0 fully saturated rings. The Bertz CT molecular complexity index is 1300. The fourth-order valence-corrected chi connectivity index (χ4v) is 5.08. The number of nitrogens with one attached hydrogen (secondary N) is 1. The molecule has 1 atom stereocenters. The number of hydrogen-bond donors (Lipinski definition) is 1. The van der Waals surface area contributed by atoms with Crippen molar-refractivity contribution in [2.75, 3.05) is 24.0 Å². The normalized spacial score (nSPS) is 15.0. The van der Waals surface area contributed by atoms with E-state index in [4.69, 9.17) is 32.7 Å². The molecule has 34 heavy (non-hydrogen) atoms. The van der Waals surface area contributed by atoms with Crippen molar-refractivity contribution in [1.82, 2.24) is 5.32 Å². The van der Waals surface area contributed by atoms with Gasteiger partial charge in [-0.1, -0.05) is 53.0 Å². The first-order valence-electron chi connectivity index (χ1n) is 10.4. The van der Waals surface area contributed by atoms with Gasteiger partial charge in [-0.3, -0.25) is 9.10 Å². The van der Waals surface area contributed by atoms with Crippen molar-refractivity contribution in [3.05, 3.63) is 82.3 Å². The van der Waals surface area contributed by atoms with Crippen LogP contribution in [0.25, 0.3) is 0 Å². The van der Waals surface area contributed by atoms with Crippen LogP contribution in [0.1, 0.15) is 5.56 Å². The fourth-order valence-electron chi connectivity index (χ4n) is 3.37. The van der Waals surface area contributed by atoms with E-state index in [1.54, 1.807) is 24.3 Å². The van der Waals surface area contributed by atoms with E-state index in [2.05, 4.69) is 5.32 Å². The third kappa shape index (κ3) is 5.41. The first-order valence-corrected chi connectivity index (χ1v) is 12.6. The molecule has 7 nitrogen and oxygen atoms in total. The van der Waals surface area contributed by atoms with E-state index in [0.29, 0.717) is 11.5 Å². The molecular weight excluding hydrogens is 499 g/mol. The van der Waals surface area contributed by atoms with Crippen molar-refractivity contribution in [3.63, 3.8) is 0 Å². The number of para-hydroxylation sites is 2. The number of amides is 1. The Hall–Kier alpha value is -2.94. The van der Waals surface area contributed by atoms with Gasteiger partial charge in [0, 0.05) is 0 Å². The number of fused-ring (bicyclic) bond motifs is 1. The van der Waals surface area contributed by atoms with E-state index in [0.717, 1.165) is 9.87 Å². The lowest BCUT2D eigenvalue weighted by atomic mass is 10.2. The molecule has 0 aliphatic carbocycles. The minimum Gasteiger partial charge on any atom is -0.486 e. The molecule has 1 amide bonds. The number of halogens is 2. The summed E-state index contributed by atoms with van der Waals surface area (Å²) in [5.74, 6) is 0.719. The molecule has 10 heteroatoms. The van der Waals surface area contributed by atoms with E-state index in [-0.39, 0.29) is 33.8 Å². The summed E-state index contributed by atoms with van der Waals surface area (Å²) in [4.78, 5) is 12.9. The van der Waals surface area contributed by atoms with Crippen LogP contribution in [0, 0.1) is 6.92 Å². The largest absolute Gasteiger partial charge is 0.486 e. The molecule has 1 aliphatic rings. The summed E-state index contributed by atoms with van der Waals surface area (Å²) in [6.45, 7) is 1.80. The molecule has 0 radical (unpaired) electrons. The summed E-state index contributed by atoms with van der Waals surface area (Å²) in [6, 6.07) is 18.0. The SMILES string of the molecule is Cc1ccc(S(=O)(=O)N(CC(=O)NCC2COc3ccccc3O2)c2ccc(Cl)c(Cl)c2)cc1. The summed E-state index contributed by atoms with van der Waals surface area (Å²) in [6.07, 6.45) is -0.411. The van der Waals surface area contributed by atoms with Crippen LogP contribution in [-0.4, -0.2) is 40.1 Å². The summed E-state index contributed by atoms with van der Waals surface area (Å²) in [5.41, 5.74) is 1.13. The van der Waals surface area contributed by atoms with Crippen LogP contribution >= 0.6 is 23.2 Å². The second-order valence-electron chi connectivity index (χ2n) is 7.72. The van der Waals surface area contributed by atoms with E-state index < -0.39 is 28.6 Å². The molecule has 4 rings (SSSR count). The first-order chi connectivity index (χ1) is 16.2. The number of rotatable bonds is 7. The molecule has 3 aromatic rings. The van der Waals surface area contributed by atoms with Crippen LogP contribution in [0.2, 0.25) is 10.0 Å². The molecule has 0 aromatic heterocycles. The number of benzene rings is 3. The highest BCUT2D eigenvalue weighted by Gasteiger charge is 2.28. The molecule has 0 saturated heterocycles. The van der Waals surface area contributed by atoms with E-state index in [9.17, 15) is 13.2 Å². The Morgan fingerprint density at radius 2 is 1.74 bits per heavy atom. The van der Waals surface area contributed by atoms with Crippen LogP contribution < -0.4 is 19.1 Å². The number of ether oxygens (including phenoxy) is 2. The zero-order valence-electron chi connectivity index (χ0n) is 18.2. The molecular formula is C24H22Cl2N2O5S. The van der Waals surface area contributed by atoms with Gasteiger partial charge in [0.2, 0.25) is 5.91 Å². The number of hydrogen-bond acceptors (Lipinski definition) is 5. The number of carbonyl (C=O) groups excluding carboxylic acids is 1. The summed E-state index contributed by atoms with van der Waals surface area (Å²) >= 11 is 12.1. The minimum absolute atomic E-state index is 0.0533. The van der Waals surface area contributed by atoms with Crippen molar-refractivity contribution >= 4 is 44.8 Å². The number of nitrogens with zero attached hydrogens (tertiary/aromatic N) is 1. The maximum Gasteiger partial charge on any atom is 0.264 e. The van der Waals surface area contributed by atoms with Crippen molar-refractivity contribution in [2.45, 2.75) is 17.9 Å². The number of aryl methyl sites for hydroxylation is 1. The van der Waals surface area contributed by atoms with Crippen LogP contribution in [0.3, 0.4) is 0 Å². The zero-order chi connectivity index (χ0) is 24.3. The van der Waals surface area contributed by atoms with Gasteiger partial charge in [0.1, 0.15) is 19.3 Å². The van der Waals surface area contributed by atoms with Gasteiger partial charge in [0.25, 0.3) is 10.0 Å². The smallest absolute Gasteiger partial charge is 0.264 e. The van der Waals surface area contributed by atoms with Gasteiger partial charge >= 0.3 is 0 Å². The van der Waals surface area contributed by atoms with Crippen LogP contribution in [0.5, 0.6) is 11.5 Å². The van der Waals surface area contributed by atoms with Gasteiger partial charge in [0.15, 0.2) is 11.5 Å². The lowest BCUT2D eigenvalue weighted by Crippen LogP contribution is -2.45. The molecule has 178 valence electrons. The van der Waals surface area contributed by atoms with Gasteiger partial charge in [-0.05, 0) is 49.4 Å². The van der Waals surface area contributed by atoms with E-state index >= 15 is 0 Å². The minimum atomic E-state index is -4.06. The number of sulfonamides is 1. The van der Waals surface area contributed by atoms with Gasteiger partial charge in [0.05, 0.1) is 27.2 Å². The third-order valence-electron chi connectivity index (χ3n) is 5.18. The first kappa shape index (κ1) is 24.2. The molecule has 1 N–H and O–H groups in total. The Morgan fingerprint density at radius 3 is 2.44 bits per heavy atom. The Labute approximate surface area is 208 Å². The maximum absolute atomic E-state index is 13.4. The number of anilines is 1. The zero-order valence-corrected chi connectivity index (χ0v) is 20.5. The van der Waals surface area contributed by atoms with Gasteiger partial charge in [-0.15, -0.1) is 0 Å². The summed E-state index contributed by atoms with van der Waals surface area (Å²) < 4.78 is 39.4. The van der Waals surface area contributed by atoms with Gasteiger partial charge in [-0.25, -0.2) is 8.42 Å². The second kappa shape index (κ2) is 10.1. The average Bonchev–Trinajstić information content (AvgIpc) is 2.83. The van der Waals surface area contributed by atoms with E-state index in [1.165, 1.54) is 30.3 Å². The molecule has 1 unspecified atom stereocenters. The van der Waals surface area contributed by atoms with Crippen molar-refractivity contribution in [1.29, 1.82) is 0 Å². The van der Waals surface area contributed by atoms with E-state index in [1.807, 2.05) is 19.1 Å². The van der Waals surface area contributed by atoms with Crippen LogP contribution in [0.4, 0.5) is 5.69 Å². The Kier molecular flexibility index (Phi) is 7.21. The standard InChI is InChI=1S/C24H22Cl2N2O5S/c1-16-6-9-19(10-7-16)34(30,31)28(17-8-11-20(25)21(26)12-17)14-24(29)27-13-18-15-32-22-4-2-3-5-23(22)33-18/h2-12,18H,13-15H2,1H3,(H,27,29). The lowest BCUT2D eigenvalue weighted by molar-refractivity contribution is -0.120. The summed E-state index contributed by atoms with van der Waals surface area (Å²) in [5, 5.41) is 3.18. The van der Waals surface area contributed by atoms with Crippen LogP contribution in [-0.2, 0) is 14.8 Å². The quantitative estimate of drug-likeness (QED) is 0.497. The second-order valence-corrected chi connectivity index (χ2v) is 10.4. The predicted octanol–water partition coefficient (Wildman–Crippen LogP) is 4.45. The highest BCUT2D eigenvalue weighted by Crippen LogP contribution is 2.32. The lowest BCUT2D eigenvalue weighted by Gasteiger charge is -2.27. The fraction of sp³-hybridized carbons (Fsp3) is 0.208. The molecule has 3 aromatic carbocycles. The van der Waals surface area contributed by atoms with Crippen molar-refractivity contribution < 1.29 is 22.7 Å². The topological polar surface area (TPSA) is 84.9 Å². The highest BCUT2D eigenvalue weighted by molar-refractivity contribution is 7.92. The summed E-state index contributed by atoms with van der Waals surface area (Å²) in [7, 11) is -4.06. The molecule has 0 saturated carbocycles. The number of carbonyl (C=O) groups is 1. The molecule has 1 heterocycles. The molecule has 1 aliphatic heterocycles. The average molecular weight is 521 g/mol. The monoisotopic (exact) mass is 520 g/mol. The Balaban J connectivity index is 1.52. The van der Waals surface area contributed by atoms with Crippen molar-refractivity contribution in [2.24, 2.45) is 0 Å². The van der Waals surface area contributed by atoms with Gasteiger partial charge < -0.3 is 14.8 Å². The maximum atomic E-state index is 13.4. The predicted molar refractivity (Wildman–Crippen MR) is 132 cm³/mol. The van der Waals surface area contributed by atoms with Crippen LogP contribution in [0.15, 0.2) is 71.6 Å². The van der Waals surface area contributed by atoms with Gasteiger partial charge in [-0.2, -0.15) is 0 Å². The Morgan fingerprint density at radius 1 is 1.03 bits per heavy atom. The molecule has 0 bridgehead atoms. The highest BCUT2D eigenvalue weighted by atomic mass is 35.5.